The summed E-state index contributed by atoms with van der Waals surface area (Å²) in [6.45, 7) is 1.00. The molecule has 0 aromatic carbocycles. The van der Waals surface area contributed by atoms with Crippen LogP contribution in [0.5, 0.6) is 0 Å². The van der Waals surface area contributed by atoms with Crippen molar-refractivity contribution < 1.29 is 5.11 Å². The maximum atomic E-state index is 8.96. The summed E-state index contributed by atoms with van der Waals surface area (Å²) >= 11 is 0. The first-order valence-corrected chi connectivity index (χ1v) is 5.42. The van der Waals surface area contributed by atoms with Gasteiger partial charge in [-0.2, -0.15) is 0 Å². The van der Waals surface area contributed by atoms with Crippen molar-refractivity contribution >= 4 is 5.82 Å². The van der Waals surface area contributed by atoms with Crippen LogP contribution in [0.1, 0.15) is 25.0 Å². The van der Waals surface area contributed by atoms with Gasteiger partial charge in [0.25, 0.3) is 0 Å². The Kier molecular flexibility index (Phi) is 3.16. The largest absolute Gasteiger partial charge is 0.390 e. The lowest BCUT2D eigenvalue weighted by molar-refractivity contribution is 0.276. The Hall–Kier alpha value is -1.16. The lowest BCUT2D eigenvalue weighted by atomic mass is 9.85. The fraction of sp³-hybridized carbons (Fsp3) is 0.636. The zero-order chi connectivity index (χ0) is 10.7. The molecule has 1 fully saturated rings. The Bertz CT molecular complexity index is 325. The van der Waals surface area contributed by atoms with Crippen molar-refractivity contribution in [2.45, 2.75) is 25.9 Å². The van der Waals surface area contributed by atoms with Gasteiger partial charge in [-0.25, -0.2) is 4.98 Å². The molecule has 1 aliphatic rings. The first-order chi connectivity index (χ1) is 7.29. The normalized spacial score (nSPS) is 16.1. The second-order valence-electron chi connectivity index (χ2n) is 4.20. The fourth-order valence-electron chi connectivity index (χ4n) is 1.81. The summed E-state index contributed by atoms with van der Waals surface area (Å²) in [6.07, 6.45) is 7.37. The molecule has 82 valence electrons. The first-order valence-electron chi connectivity index (χ1n) is 5.42. The summed E-state index contributed by atoms with van der Waals surface area (Å²) in [5.74, 6) is 1.67. The number of nitrogens with zero attached hydrogens (tertiary/aromatic N) is 3. The third-order valence-corrected chi connectivity index (χ3v) is 2.98. The zero-order valence-corrected chi connectivity index (χ0v) is 9.06. The molecule has 0 amide bonds. The fourth-order valence-corrected chi connectivity index (χ4v) is 1.81. The van der Waals surface area contributed by atoms with E-state index in [4.69, 9.17) is 5.11 Å². The topological polar surface area (TPSA) is 49.2 Å². The van der Waals surface area contributed by atoms with E-state index in [1.54, 1.807) is 12.4 Å². The highest BCUT2D eigenvalue weighted by Crippen LogP contribution is 2.27. The van der Waals surface area contributed by atoms with E-state index in [1.807, 2.05) is 7.05 Å². The number of anilines is 1. The maximum Gasteiger partial charge on any atom is 0.147 e. The van der Waals surface area contributed by atoms with E-state index in [0.717, 1.165) is 18.3 Å². The molecule has 0 aliphatic heterocycles. The molecule has 4 heteroatoms. The van der Waals surface area contributed by atoms with Crippen LogP contribution in [0, 0.1) is 5.92 Å². The number of hydrogen-bond donors (Lipinski definition) is 1. The van der Waals surface area contributed by atoms with Gasteiger partial charge in [0.2, 0.25) is 0 Å². The molecular weight excluding hydrogens is 190 g/mol. The van der Waals surface area contributed by atoms with Crippen LogP contribution in [0.4, 0.5) is 5.82 Å². The molecule has 15 heavy (non-hydrogen) atoms. The third-order valence-electron chi connectivity index (χ3n) is 2.98. The molecule has 4 nitrogen and oxygen atoms in total. The van der Waals surface area contributed by atoms with Crippen molar-refractivity contribution in [3.8, 4) is 0 Å². The summed E-state index contributed by atoms with van der Waals surface area (Å²) in [6, 6.07) is 0. The first kappa shape index (κ1) is 10.4. The second-order valence-corrected chi connectivity index (χ2v) is 4.20. The molecule has 0 saturated heterocycles. The van der Waals surface area contributed by atoms with Crippen LogP contribution in [0.3, 0.4) is 0 Å². The van der Waals surface area contributed by atoms with Crippen LogP contribution < -0.4 is 4.90 Å². The Morgan fingerprint density at radius 3 is 2.87 bits per heavy atom. The van der Waals surface area contributed by atoms with Gasteiger partial charge in [-0.05, 0) is 18.8 Å². The standard InChI is InChI=1S/C11H17N3O/c1-14(7-9-3-2-4-9)11-6-12-5-10(8-15)13-11/h5-6,9,15H,2-4,7-8H2,1H3. The number of hydrogen-bond acceptors (Lipinski definition) is 4. The number of aromatic nitrogens is 2. The van der Waals surface area contributed by atoms with Crippen molar-refractivity contribution in [2.75, 3.05) is 18.5 Å². The van der Waals surface area contributed by atoms with Gasteiger partial charge in [0.05, 0.1) is 24.7 Å². The van der Waals surface area contributed by atoms with Gasteiger partial charge >= 0.3 is 0 Å². The van der Waals surface area contributed by atoms with Gasteiger partial charge in [0.1, 0.15) is 5.82 Å². The van der Waals surface area contributed by atoms with Crippen LogP contribution in [-0.2, 0) is 6.61 Å². The average Bonchev–Trinajstić information content (AvgIpc) is 2.23. The average molecular weight is 207 g/mol. The van der Waals surface area contributed by atoms with Gasteiger partial charge in [-0.15, -0.1) is 0 Å². The molecule has 2 rings (SSSR count). The second kappa shape index (κ2) is 4.57. The molecule has 1 saturated carbocycles. The van der Waals surface area contributed by atoms with Crippen LogP contribution in [0.15, 0.2) is 12.4 Å². The minimum absolute atomic E-state index is 0.0435. The molecule has 0 unspecified atom stereocenters. The van der Waals surface area contributed by atoms with Gasteiger partial charge in [-0.3, -0.25) is 4.98 Å². The van der Waals surface area contributed by atoms with E-state index >= 15 is 0 Å². The molecular formula is C11H17N3O. The highest BCUT2D eigenvalue weighted by atomic mass is 16.3. The number of aliphatic hydroxyl groups is 1. The van der Waals surface area contributed by atoms with Crippen LogP contribution in [0.2, 0.25) is 0 Å². The van der Waals surface area contributed by atoms with Crippen molar-refractivity contribution in [3.63, 3.8) is 0 Å². The zero-order valence-electron chi connectivity index (χ0n) is 9.06. The van der Waals surface area contributed by atoms with Gasteiger partial charge < -0.3 is 10.0 Å². The Morgan fingerprint density at radius 2 is 2.27 bits per heavy atom. The molecule has 1 N–H and O–H groups in total. The van der Waals surface area contributed by atoms with Crippen molar-refractivity contribution in [2.24, 2.45) is 5.92 Å². The minimum atomic E-state index is -0.0435. The third kappa shape index (κ3) is 2.45. The molecule has 0 spiro atoms. The molecule has 1 aromatic heterocycles. The lowest BCUT2D eigenvalue weighted by Crippen LogP contribution is -2.30. The summed E-state index contributed by atoms with van der Waals surface area (Å²) in [5.41, 5.74) is 0.632. The molecule has 1 heterocycles. The quantitative estimate of drug-likeness (QED) is 0.806. The van der Waals surface area contributed by atoms with E-state index in [0.29, 0.717) is 5.69 Å². The predicted molar refractivity (Wildman–Crippen MR) is 58.6 cm³/mol. The summed E-state index contributed by atoms with van der Waals surface area (Å²) in [7, 11) is 2.03. The van der Waals surface area contributed by atoms with E-state index in [2.05, 4.69) is 14.9 Å². The highest BCUT2D eigenvalue weighted by molar-refractivity contribution is 5.35. The van der Waals surface area contributed by atoms with E-state index < -0.39 is 0 Å². The monoisotopic (exact) mass is 207 g/mol. The number of aliphatic hydroxyl groups excluding tert-OH is 1. The van der Waals surface area contributed by atoms with Crippen LogP contribution in [0.25, 0.3) is 0 Å². The van der Waals surface area contributed by atoms with Gasteiger partial charge in [0.15, 0.2) is 0 Å². The Morgan fingerprint density at radius 1 is 1.47 bits per heavy atom. The smallest absolute Gasteiger partial charge is 0.147 e. The minimum Gasteiger partial charge on any atom is -0.390 e. The molecule has 0 radical (unpaired) electrons. The van der Waals surface area contributed by atoms with Crippen LogP contribution in [-0.4, -0.2) is 28.7 Å². The van der Waals surface area contributed by atoms with Crippen molar-refractivity contribution in [3.05, 3.63) is 18.1 Å². The Balaban J connectivity index is 1.99. The van der Waals surface area contributed by atoms with Gasteiger partial charge in [-0.1, -0.05) is 6.42 Å². The Labute approximate surface area is 90.0 Å². The number of rotatable bonds is 4. The summed E-state index contributed by atoms with van der Waals surface area (Å²) in [5, 5.41) is 8.96. The molecule has 1 aliphatic carbocycles. The van der Waals surface area contributed by atoms with Crippen LogP contribution >= 0.6 is 0 Å². The maximum absolute atomic E-state index is 8.96. The SMILES string of the molecule is CN(CC1CCC1)c1cncc(CO)n1. The molecule has 1 aromatic rings. The van der Waals surface area contributed by atoms with E-state index in [-0.39, 0.29) is 6.61 Å². The van der Waals surface area contributed by atoms with E-state index in [9.17, 15) is 0 Å². The highest BCUT2D eigenvalue weighted by Gasteiger charge is 2.19. The van der Waals surface area contributed by atoms with Gasteiger partial charge in [0, 0.05) is 13.6 Å². The summed E-state index contributed by atoms with van der Waals surface area (Å²) < 4.78 is 0. The predicted octanol–water partition coefficient (Wildman–Crippen LogP) is 1.21. The summed E-state index contributed by atoms with van der Waals surface area (Å²) in [4.78, 5) is 10.5. The lowest BCUT2D eigenvalue weighted by Gasteiger charge is -2.30. The van der Waals surface area contributed by atoms with Crippen molar-refractivity contribution in [1.29, 1.82) is 0 Å². The van der Waals surface area contributed by atoms with Crippen molar-refractivity contribution in [1.82, 2.24) is 9.97 Å². The molecule has 0 atom stereocenters. The van der Waals surface area contributed by atoms with E-state index in [1.165, 1.54) is 19.3 Å². The molecule has 0 bridgehead atoms.